The number of nitriles is 1. The van der Waals surface area contributed by atoms with Crippen molar-refractivity contribution >= 4 is 45.9 Å². The predicted molar refractivity (Wildman–Crippen MR) is 124 cm³/mol. The Balaban J connectivity index is 1.66. The van der Waals surface area contributed by atoms with Crippen LogP contribution in [0, 0.1) is 11.3 Å². The van der Waals surface area contributed by atoms with Crippen LogP contribution in [0.15, 0.2) is 75.2 Å². The summed E-state index contributed by atoms with van der Waals surface area (Å²) in [6.07, 6.45) is 1.53. The summed E-state index contributed by atoms with van der Waals surface area (Å²) >= 11 is 7.25. The number of aromatic nitrogens is 2. The maximum absolute atomic E-state index is 13.2. The van der Waals surface area contributed by atoms with Crippen molar-refractivity contribution in [1.29, 1.82) is 5.26 Å². The molecule has 2 heterocycles. The third-order valence-corrected chi connectivity index (χ3v) is 6.01. The van der Waals surface area contributed by atoms with Crippen LogP contribution in [0.3, 0.4) is 0 Å². The summed E-state index contributed by atoms with van der Waals surface area (Å²) in [4.78, 5) is 30.6. The minimum Gasteiger partial charge on any atom is -0.467 e. The third kappa shape index (κ3) is 4.69. The van der Waals surface area contributed by atoms with Gasteiger partial charge in [0.15, 0.2) is 5.16 Å². The smallest absolute Gasteiger partial charge is 0.262 e. The van der Waals surface area contributed by atoms with Crippen molar-refractivity contribution in [2.45, 2.75) is 23.9 Å². The van der Waals surface area contributed by atoms with Gasteiger partial charge in [-0.15, -0.1) is 0 Å². The summed E-state index contributed by atoms with van der Waals surface area (Å²) in [6.45, 7) is 1.90. The number of fused-ring (bicyclic) bond motifs is 1. The molecule has 0 aliphatic rings. The molecule has 0 spiro atoms. The largest absolute Gasteiger partial charge is 0.467 e. The van der Waals surface area contributed by atoms with E-state index in [1.54, 1.807) is 61.5 Å². The van der Waals surface area contributed by atoms with Gasteiger partial charge in [0, 0.05) is 10.7 Å². The summed E-state index contributed by atoms with van der Waals surface area (Å²) in [6, 6.07) is 17.1. The number of hydrogen-bond donors (Lipinski definition) is 1. The molecule has 0 aliphatic carbocycles. The molecule has 0 fully saturated rings. The minimum atomic E-state index is -0.577. The van der Waals surface area contributed by atoms with E-state index in [9.17, 15) is 9.59 Å². The highest BCUT2D eigenvalue weighted by atomic mass is 35.5. The Hall–Kier alpha value is -3.54. The molecule has 160 valence electrons. The molecular weight excluding hydrogens is 448 g/mol. The number of hydrogen-bond acceptors (Lipinski definition) is 6. The number of amides is 1. The molecule has 1 atom stereocenters. The Morgan fingerprint density at radius 2 is 2.12 bits per heavy atom. The molecule has 0 saturated carbocycles. The van der Waals surface area contributed by atoms with Crippen molar-refractivity contribution in [1.82, 2.24) is 9.55 Å². The average molecular weight is 465 g/mol. The molecule has 0 saturated heterocycles. The van der Waals surface area contributed by atoms with Gasteiger partial charge in [0.2, 0.25) is 5.91 Å². The molecule has 1 unspecified atom stereocenters. The van der Waals surface area contributed by atoms with E-state index in [1.165, 1.54) is 10.8 Å². The van der Waals surface area contributed by atoms with E-state index in [4.69, 9.17) is 21.3 Å². The number of benzene rings is 2. The summed E-state index contributed by atoms with van der Waals surface area (Å²) in [5, 5.41) is 12.5. The SMILES string of the molecule is CC(Sc1nc2cc(Cl)ccc2c(=O)n1Cc1ccco1)C(=O)Nc1cccc(C#N)c1. The quantitative estimate of drug-likeness (QED) is 0.328. The lowest BCUT2D eigenvalue weighted by molar-refractivity contribution is -0.115. The van der Waals surface area contributed by atoms with Crippen molar-refractivity contribution in [3.05, 3.63) is 87.6 Å². The van der Waals surface area contributed by atoms with E-state index in [-0.39, 0.29) is 18.0 Å². The molecule has 2 aromatic carbocycles. The van der Waals surface area contributed by atoms with Crippen LogP contribution in [0.2, 0.25) is 5.02 Å². The second kappa shape index (κ2) is 9.30. The topological polar surface area (TPSA) is 101 Å². The van der Waals surface area contributed by atoms with Crippen LogP contribution < -0.4 is 10.9 Å². The van der Waals surface area contributed by atoms with Crippen molar-refractivity contribution in [2.75, 3.05) is 5.32 Å². The monoisotopic (exact) mass is 464 g/mol. The van der Waals surface area contributed by atoms with Crippen LogP contribution in [0.25, 0.3) is 10.9 Å². The molecule has 7 nitrogen and oxygen atoms in total. The number of carbonyl (C=O) groups is 1. The standard InChI is InChI=1S/C23H17ClN4O3S/c1-14(21(29)26-17-5-2-4-15(10-17)12-25)32-23-27-20-11-16(24)7-8-19(20)22(30)28(23)13-18-6-3-9-31-18/h2-11,14H,13H2,1H3,(H,26,29). The Bertz CT molecular complexity index is 1390. The predicted octanol–water partition coefficient (Wildman–Crippen LogP) is 4.68. The molecule has 0 aliphatic heterocycles. The average Bonchev–Trinajstić information content (AvgIpc) is 3.29. The highest BCUT2D eigenvalue weighted by Gasteiger charge is 2.20. The van der Waals surface area contributed by atoms with Crippen LogP contribution in [0.4, 0.5) is 5.69 Å². The number of halogens is 1. The molecule has 4 aromatic rings. The van der Waals surface area contributed by atoms with E-state index < -0.39 is 5.25 Å². The van der Waals surface area contributed by atoms with Gasteiger partial charge in [0.25, 0.3) is 5.56 Å². The lowest BCUT2D eigenvalue weighted by atomic mass is 10.2. The van der Waals surface area contributed by atoms with Gasteiger partial charge in [-0.2, -0.15) is 5.26 Å². The van der Waals surface area contributed by atoms with Crippen LogP contribution in [-0.4, -0.2) is 20.7 Å². The minimum absolute atomic E-state index is 0.179. The van der Waals surface area contributed by atoms with Crippen LogP contribution in [0.5, 0.6) is 0 Å². The first kappa shape index (κ1) is 21.7. The Morgan fingerprint density at radius 1 is 1.28 bits per heavy atom. The maximum Gasteiger partial charge on any atom is 0.262 e. The molecule has 1 N–H and O–H groups in total. The summed E-state index contributed by atoms with van der Waals surface area (Å²) in [7, 11) is 0. The van der Waals surface area contributed by atoms with Crippen molar-refractivity contribution in [3.8, 4) is 6.07 Å². The van der Waals surface area contributed by atoms with Gasteiger partial charge in [-0.1, -0.05) is 29.4 Å². The summed E-state index contributed by atoms with van der Waals surface area (Å²) in [5.41, 5.74) is 1.17. The molecule has 2 aromatic heterocycles. The molecular formula is C23H17ClN4O3S. The zero-order chi connectivity index (χ0) is 22.7. The van der Waals surface area contributed by atoms with Crippen LogP contribution in [0.1, 0.15) is 18.2 Å². The summed E-state index contributed by atoms with van der Waals surface area (Å²) < 4.78 is 6.89. The van der Waals surface area contributed by atoms with E-state index in [2.05, 4.69) is 10.3 Å². The molecule has 9 heteroatoms. The highest BCUT2D eigenvalue weighted by molar-refractivity contribution is 8.00. The lowest BCUT2D eigenvalue weighted by Crippen LogP contribution is -2.27. The first-order valence-corrected chi connectivity index (χ1v) is 10.9. The molecule has 0 bridgehead atoms. The number of furan rings is 1. The van der Waals surface area contributed by atoms with E-state index in [0.717, 1.165) is 11.8 Å². The Morgan fingerprint density at radius 3 is 2.88 bits per heavy atom. The number of anilines is 1. The van der Waals surface area contributed by atoms with Gasteiger partial charge in [-0.25, -0.2) is 4.98 Å². The normalized spacial score (nSPS) is 11.8. The van der Waals surface area contributed by atoms with Crippen molar-refractivity contribution < 1.29 is 9.21 Å². The second-order valence-electron chi connectivity index (χ2n) is 6.97. The molecule has 4 rings (SSSR count). The zero-order valence-corrected chi connectivity index (χ0v) is 18.5. The maximum atomic E-state index is 13.2. The molecule has 32 heavy (non-hydrogen) atoms. The number of rotatable bonds is 6. The number of nitrogens with one attached hydrogen (secondary N) is 1. The Labute approximate surface area is 192 Å². The van der Waals surface area contributed by atoms with Gasteiger partial charge in [-0.3, -0.25) is 14.2 Å². The Kier molecular flexibility index (Phi) is 6.30. The fourth-order valence-electron chi connectivity index (χ4n) is 3.08. The highest BCUT2D eigenvalue weighted by Crippen LogP contribution is 2.25. The van der Waals surface area contributed by atoms with Gasteiger partial charge in [0.1, 0.15) is 5.76 Å². The second-order valence-corrected chi connectivity index (χ2v) is 8.71. The fourth-order valence-corrected chi connectivity index (χ4v) is 4.16. The van der Waals surface area contributed by atoms with Gasteiger partial charge in [0.05, 0.1) is 40.6 Å². The first-order chi connectivity index (χ1) is 15.4. The van der Waals surface area contributed by atoms with Crippen LogP contribution in [-0.2, 0) is 11.3 Å². The fraction of sp³-hybridized carbons (Fsp3) is 0.130. The first-order valence-electron chi connectivity index (χ1n) is 9.65. The van der Waals surface area contributed by atoms with E-state index >= 15 is 0 Å². The van der Waals surface area contributed by atoms with Crippen molar-refractivity contribution in [2.24, 2.45) is 0 Å². The molecule has 0 radical (unpaired) electrons. The van der Waals surface area contributed by atoms with E-state index in [0.29, 0.717) is 38.1 Å². The summed E-state index contributed by atoms with van der Waals surface area (Å²) in [5.74, 6) is 0.310. The zero-order valence-electron chi connectivity index (χ0n) is 16.9. The number of carbonyl (C=O) groups excluding carboxylic acids is 1. The third-order valence-electron chi connectivity index (χ3n) is 4.69. The number of nitrogens with zero attached hydrogens (tertiary/aromatic N) is 3. The number of thioether (sulfide) groups is 1. The van der Waals surface area contributed by atoms with Gasteiger partial charge >= 0.3 is 0 Å². The van der Waals surface area contributed by atoms with Crippen LogP contribution >= 0.6 is 23.4 Å². The van der Waals surface area contributed by atoms with Gasteiger partial charge < -0.3 is 9.73 Å². The van der Waals surface area contributed by atoms with Gasteiger partial charge in [-0.05, 0) is 55.5 Å². The molecule has 1 amide bonds. The van der Waals surface area contributed by atoms with E-state index in [1.807, 2.05) is 6.07 Å². The van der Waals surface area contributed by atoms with Crippen molar-refractivity contribution in [3.63, 3.8) is 0 Å². The lowest BCUT2D eigenvalue weighted by Gasteiger charge is -2.16.